The molecule has 0 saturated heterocycles. The van der Waals surface area contributed by atoms with Crippen LogP contribution in [0.2, 0.25) is 0 Å². The monoisotopic (exact) mass is 269 g/mol. The zero-order chi connectivity index (χ0) is 14.2. The van der Waals surface area contributed by atoms with Gasteiger partial charge in [0.15, 0.2) is 0 Å². The summed E-state index contributed by atoms with van der Waals surface area (Å²) in [5.74, 6) is 0.914. The number of hydrogen-bond acceptors (Lipinski definition) is 2. The van der Waals surface area contributed by atoms with Crippen molar-refractivity contribution in [2.24, 2.45) is 0 Å². The van der Waals surface area contributed by atoms with Gasteiger partial charge in [-0.2, -0.15) is 0 Å². The third-order valence-corrected chi connectivity index (χ3v) is 3.57. The van der Waals surface area contributed by atoms with Crippen LogP contribution in [-0.2, 0) is 6.42 Å². The predicted octanol–water partition coefficient (Wildman–Crippen LogP) is 3.98. The third kappa shape index (κ3) is 4.10. The lowest BCUT2D eigenvalue weighted by molar-refractivity contribution is 0.414. The van der Waals surface area contributed by atoms with E-state index in [2.05, 4.69) is 54.7 Å². The maximum Gasteiger partial charge on any atom is 0.118 e. The summed E-state index contributed by atoms with van der Waals surface area (Å²) in [6.45, 7) is 3.21. The molecule has 0 amide bonds. The highest BCUT2D eigenvalue weighted by Crippen LogP contribution is 2.16. The fourth-order valence-electron chi connectivity index (χ4n) is 2.37. The lowest BCUT2D eigenvalue weighted by atomic mass is 10.0. The van der Waals surface area contributed by atoms with Gasteiger partial charge in [-0.05, 0) is 42.6 Å². The topological polar surface area (TPSA) is 21.3 Å². The molecule has 2 aromatic carbocycles. The van der Waals surface area contributed by atoms with E-state index in [0.717, 1.165) is 25.1 Å². The van der Waals surface area contributed by atoms with Gasteiger partial charge in [0.05, 0.1) is 7.11 Å². The van der Waals surface area contributed by atoms with E-state index in [9.17, 15) is 0 Å². The summed E-state index contributed by atoms with van der Waals surface area (Å²) in [6, 6.07) is 19.4. The molecule has 0 heterocycles. The molecule has 0 aliphatic rings. The Hall–Kier alpha value is -1.80. The molecule has 106 valence electrons. The van der Waals surface area contributed by atoms with Crippen LogP contribution in [0.25, 0.3) is 0 Å². The highest BCUT2D eigenvalue weighted by Gasteiger charge is 2.07. The van der Waals surface area contributed by atoms with Crippen LogP contribution in [0.15, 0.2) is 54.6 Å². The quantitative estimate of drug-likeness (QED) is 0.821. The minimum absolute atomic E-state index is 0.439. The number of methoxy groups -OCH3 is 1. The summed E-state index contributed by atoms with van der Waals surface area (Å²) < 4.78 is 5.17. The first kappa shape index (κ1) is 14.6. The normalized spacial score (nSPS) is 12.1. The molecule has 0 radical (unpaired) electrons. The Balaban J connectivity index is 1.84. The van der Waals surface area contributed by atoms with E-state index in [-0.39, 0.29) is 0 Å². The zero-order valence-electron chi connectivity index (χ0n) is 12.3. The van der Waals surface area contributed by atoms with Crippen LogP contribution in [0, 0.1) is 0 Å². The van der Waals surface area contributed by atoms with Gasteiger partial charge in [-0.25, -0.2) is 0 Å². The fourth-order valence-corrected chi connectivity index (χ4v) is 2.37. The molecule has 0 aliphatic heterocycles. The van der Waals surface area contributed by atoms with E-state index in [1.807, 2.05) is 12.1 Å². The van der Waals surface area contributed by atoms with Crippen LogP contribution in [0.1, 0.15) is 30.5 Å². The van der Waals surface area contributed by atoms with E-state index in [1.165, 1.54) is 11.1 Å². The Bertz CT molecular complexity index is 493. The van der Waals surface area contributed by atoms with E-state index in [1.54, 1.807) is 7.11 Å². The smallest absolute Gasteiger partial charge is 0.118 e. The molecule has 1 N–H and O–H groups in total. The average Bonchev–Trinajstić information content (AvgIpc) is 2.53. The summed E-state index contributed by atoms with van der Waals surface area (Å²) >= 11 is 0. The first-order valence-corrected chi connectivity index (χ1v) is 7.24. The molecule has 0 fully saturated rings. The minimum Gasteiger partial charge on any atom is -0.497 e. The molecule has 2 nitrogen and oxygen atoms in total. The van der Waals surface area contributed by atoms with E-state index in [0.29, 0.717) is 6.04 Å². The van der Waals surface area contributed by atoms with Crippen molar-refractivity contribution >= 4 is 0 Å². The molecule has 0 bridgehead atoms. The first-order valence-electron chi connectivity index (χ1n) is 7.24. The van der Waals surface area contributed by atoms with Gasteiger partial charge in [-0.15, -0.1) is 0 Å². The van der Waals surface area contributed by atoms with Crippen LogP contribution < -0.4 is 10.1 Å². The van der Waals surface area contributed by atoms with Gasteiger partial charge < -0.3 is 10.1 Å². The van der Waals surface area contributed by atoms with Gasteiger partial charge in [0.25, 0.3) is 0 Å². The molecular formula is C18H23NO. The summed E-state index contributed by atoms with van der Waals surface area (Å²) in [7, 11) is 1.70. The molecule has 1 unspecified atom stereocenters. The predicted molar refractivity (Wildman–Crippen MR) is 84.2 cm³/mol. The van der Waals surface area contributed by atoms with Crippen molar-refractivity contribution in [3.63, 3.8) is 0 Å². The molecule has 20 heavy (non-hydrogen) atoms. The van der Waals surface area contributed by atoms with Crippen molar-refractivity contribution in [3.05, 3.63) is 65.7 Å². The minimum atomic E-state index is 0.439. The second kappa shape index (κ2) is 7.71. The van der Waals surface area contributed by atoms with Crippen molar-refractivity contribution in [2.45, 2.75) is 25.8 Å². The van der Waals surface area contributed by atoms with Gasteiger partial charge in [-0.3, -0.25) is 0 Å². The maximum atomic E-state index is 5.17. The summed E-state index contributed by atoms with van der Waals surface area (Å²) in [5, 5.41) is 3.63. The summed E-state index contributed by atoms with van der Waals surface area (Å²) in [6.07, 6.45) is 2.14. The number of hydrogen-bond donors (Lipinski definition) is 1. The summed E-state index contributed by atoms with van der Waals surface area (Å²) in [5.41, 5.74) is 2.70. The van der Waals surface area contributed by atoms with Crippen molar-refractivity contribution < 1.29 is 4.74 Å². The molecule has 2 aromatic rings. The summed E-state index contributed by atoms with van der Waals surface area (Å²) in [4.78, 5) is 0. The fraction of sp³-hybridized carbons (Fsp3) is 0.333. The van der Waals surface area contributed by atoms with E-state index in [4.69, 9.17) is 4.74 Å². The lowest BCUT2D eigenvalue weighted by Gasteiger charge is -2.17. The van der Waals surface area contributed by atoms with E-state index >= 15 is 0 Å². The second-order valence-corrected chi connectivity index (χ2v) is 4.92. The maximum absolute atomic E-state index is 5.17. The van der Waals surface area contributed by atoms with Crippen molar-refractivity contribution in [1.29, 1.82) is 0 Å². The molecule has 0 aliphatic carbocycles. The lowest BCUT2D eigenvalue weighted by Crippen LogP contribution is -2.23. The molecule has 0 spiro atoms. The van der Waals surface area contributed by atoms with Crippen LogP contribution in [0.3, 0.4) is 0 Å². The Labute approximate surface area is 121 Å². The number of benzene rings is 2. The van der Waals surface area contributed by atoms with Gasteiger partial charge in [0.1, 0.15) is 5.75 Å². The molecule has 2 rings (SSSR count). The van der Waals surface area contributed by atoms with Gasteiger partial charge >= 0.3 is 0 Å². The number of rotatable bonds is 7. The SMILES string of the molecule is CCC(NCCc1ccc(OC)cc1)c1ccccc1. The Morgan fingerprint density at radius 3 is 2.30 bits per heavy atom. The van der Waals surface area contributed by atoms with Gasteiger partial charge in [-0.1, -0.05) is 49.4 Å². The van der Waals surface area contributed by atoms with Crippen LogP contribution >= 0.6 is 0 Å². The molecule has 0 saturated carbocycles. The molecular weight excluding hydrogens is 246 g/mol. The second-order valence-electron chi connectivity index (χ2n) is 4.92. The Morgan fingerprint density at radius 2 is 1.70 bits per heavy atom. The zero-order valence-corrected chi connectivity index (χ0v) is 12.3. The van der Waals surface area contributed by atoms with Gasteiger partial charge in [0, 0.05) is 6.04 Å². The van der Waals surface area contributed by atoms with Crippen molar-refractivity contribution in [3.8, 4) is 5.75 Å². The average molecular weight is 269 g/mol. The van der Waals surface area contributed by atoms with Gasteiger partial charge in [0.2, 0.25) is 0 Å². The van der Waals surface area contributed by atoms with Crippen molar-refractivity contribution in [1.82, 2.24) is 5.32 Å². The van der Waals surface area contributed by atoms with Crippen LogP contribution in [-0.4, -0.2) is 13.7 Å². The standard InChI is InChI=1S/C18H23NO/c1-3-18(16-7-5-4-6-8-16)19-14-13-15-9-11-17(20-2)12-10-15/h4-12,18-19H,3,13-14H2,1-2H3. The Morgan fingerprint density at radius 1 is 1.00 bits per heavy atom. The van der Waals surface area contributed by atoms with Crippen molar-refractivity contribution in [2.75, 3.05) is 13.7 Å². The van der Waals surface area contributed by atoms with E-state index < -0.39 is 0 Å². The largest absolute Gasteiger partial charge is 0.497 e. The number of nitrogens with one attached hydrogen (secondary N) is 1. The van der Waals surface area contributed by atoms with Crippen LogP contribution in [0.5, 0.6) is 5.75 Å². The number of ether oxygens (including phenoxy) is 1. The highest BCUT2D eigenvalue weighted by molar-refractivity contribution is 5.27. The first-order chi connectivity index (χ1) is 9.83. The molecule has 0 aromatic heterocycles. The molecule has 2 heteroatoms. The Kier molecular flexibility index (Phi) is 5.63. The van der Waals surface area contributed by atoms with Crippen LogP contribution in [0.4, 0.5) is 0 Å². The third-order valence-electron chi connectivity index (χ3n) is 3.57. The molecule has 1 atom stereocenters. The highest BCUT2D eigenvalue weighted by atomic mass is 16.5.